The van der Waals surface area contributed by atoms with Gasteiger partial charge in [0, 0.05) is 5.75 Å². The fraction of sp³-hybridized carbons (Fsp3) is 0.846. The second-order valence-corrected chi connectivity index (χ2v) is 6.85. The minimum absolute atomic E-state index is 0.222. The third kappa shape index (κ3) is 3.06. The molecule has 8 heteroatoms. The van der Waals surface area contributed by atoms with E-state index in [1.807, 2.05) is 11.6 Å². The van der Waals surface area contributed by atoms with Crippen LogP contribution in [0.15, 0.2) is 5.16 Å². The van der Waals surface area contributed by atoms with E-state index in [9.17, 15) is 9.90 Å². The maximum absolute atomic E-state index is 11.9. The number of aromatic nitrogens is 4. The Labute approximate surface area is 127 Å². The topological polar surface area (TPSA) is 92.9 Å². The molecule has 1 aromatic heterocycles. The molecule has 2 fully saturated rings. The second kappa shape index (κ2) is 5.92. The van der Waals surface area contributed by atoms with Gasteiger partial charge in [-0.05, 0) is 55.0 Å². The highest BCUT2D eigenvalue weighted by Gasteiger charge is 2.51. The van der Waals surface area contributed by atoms with E-state index in [1.54, 1.807) is 0 Å². The Hall–Kier alpha value is -1.15. The number of hydrogen-bond acceptors (Lipinski definition) is 6. The molecule has 1 atom stereocenters. The Morgan fingerprint density at radius 1 is 1.48 bits per heavy atom. The van der Waals surface area contributed by atoms with Crippen molar-refractivity contribution in [3.63, 3.8) is 0 Å². The monoisotopic (exact) mass is 311 g/mol. The first kappa shape index (κ1) is 14.8. The van der Waals surface area contributed by atoms with E-state index in [0.29, 0.717) is 11.8 Å². The predicted octanol–water partition coefficient (Wildman–Crippen LogP) is 1.33. The highest BCUT2D eigenvalue weighted by atomic mass is 32.2. The smallest absolute Gasteiger partial charge is 0.325 e. The van der Waals surface area contributed by atoms with Gasteiger partial charge in [0.05, 0.1) is 6.04 Å². The Morgan fingerprint density at radius 3 is 2.81 bits per heavy atom. The average Bonchev–Trinajstić information content (AvgIpc) is 3.38. The largest absolute Gasteiger partial charge is 0.480 e. The Bertz CT molecular complexity index is 514. The molecule has 1 unspecified atom stereocenters. The van der Waals surface area contributed by atoms with Crippen LogP contribution in [0.5, 0.6) is 0 Å². The van der Waals surface area contributed by atoms with Crippen molar-refractivity contribution in [2.45, 2.75) is 55.8 Å². The first-order valence-electron chi connectivity index (χ1n) is 7.56. The van der Waals surface area contributed by atoms with Gasteiger partial charge in [0.15, 0.2) is 0 Å². The molecule has 0 amide bonds. The Kier molecular flexibility index (Phi) is 4.17. The first-order valence-corrected chi connectivity index (χ1v) is 8.55. The fourth-order valence-corrected chi connectivity index (χ4v) is 3.79. The van der Waals surface area contributed by atoms with Gasteiger partial charge in [-0.15, -0.1) is 5.10 Å². The van der Waals surface area contributed by atoms with E-state index < -0.39 is 11.5 Å². The fourth-order valence-electron chi connectivity index (χ4n) is 2.56. The van der Waals surface area contributed by atoms with Crippen LogP contribution < -0.4 is 5.32 Å². The minimum Gasteiger partial charge on any atom is -0.480 e. The highest BCUT2D eigenvalue weighted by Crippen LogP contribution is 2.43. The number of rotatable bonds is 9. The number of aliphatic carboxylic acids is 1. The van der Waals surface area contributed by atoms with Crippen LogP contribution in [-0.2, 0) is 4.79 Å². The molecule has 1 heterocycles. The summed E-state index contributed by atoms with van der Waals surface area (Å²) in [7, 11) is 0. The predicted molar refractivity (Wildman–Crippen MR) is 78.2 cm³/mol. The third-order valence-electron chi connectivity index (χ3n) is 4.13. The van der Waals surface area contributed by atoms with Crippen molar-refractivity contribution in [2.75, 3.05) is 12.3 Å². The number of thioether (sulfide) groups is 1. The zero-order valence-electron chi connectivity index (χ0n) is 12.2. The molecular formula is C13H21N5O2S. The number of nitrogens with one attached hydrogen (secondary N) is 1. The SMILES string of the molecule is CCCNC(CSc1nnnn1C1CC1)(C(=O)O)C1CC1. The molecule has 0 spiro atoms. The number of carbonyl (C=O) groups is 1. The summed E-state index contributed by atoms with van der Waals surface area (Å²) >= 11 is 1.46. The van der Waals surface area contributed by atoms with Crippen LogP contribution in [0.2, 0.25) is 0 Å². The van der Waals surface area contributed by atoms with Gasteiger partial charge in [-0.1, -0.05) is 18.7 Å². The van der Waals surface area contributed by atoms with Gasteiger partial charge >= 0.3 is 5.97 Å². The lowest BCUT2D eigenvalue weighted by molar-refractivity contribution is -0.144. The molecule has 116 valence electrons. The van der Waals surface area contributed by atoms with E-state index in [2.05, 4.69) is 20.8 Å². The van der Waals surface area contributed by atoms with Crippen molar-refractivity contribution in [1.82, 2.24) is 25.5 Å². The molecular weight excluding hydrogens is 290 g/mol. The molecule has 0 aliphatic heterocycles. The van der Waals surface area contributed by atoms with Gasteiger partial charge in [0.2, 0.25) is 5.16 Å². The van der Waals surface area contributed by atoms with Gasteiger partial charge < -0.3 is 10.4 Å². The average molecular weight is 311 g/mol. The zero-order valence-corrected chi connectivity index (χ0v) is 13.0. The molecule has 2 N–H and O–H groups in total. The molecule has 3 rings (SSSR count). The molecule has 0 aromatic carbocycles. The lowest BCUT2D eigenvalue weighted by atomic mass is 9.95. The summed E-state index contributed by atoms with van der Waals surface area (Å²) < 4.78 is 1.84. The normalized spacial score (nSPS) is 21.2. The van der Waals surface area contributed by atoms with Gasteiger partial charge in [0.1, 0.15) is 5.54 Å². The van der Waals surface area contributed by atoms with Gasteiger partial charge in [0.25, 0.3) is 0 Å². The summed E-state index contributed by atoms with van der Waals surface area (Å²) in [5.74, 6) is -0.0594. The van der Waals surface area contributed by atoms with Crippen molar-refractivity contribution >= 4 is 17.7 Å². The van der Waals surface area contributed by atoms with Gasteiger partial charge in [-0.2, -0.15) is 0 Å². The van der Waals surface area contributed by atoms with E-state index in [-0.39, 0.29) is 5.92 Å². The molecule has 0 saturated heterocycles. The molecule has 7 nitrogen and oxygen atoms in total. The van der Waals surface area contributed by atoms with Crippen molar-refractivity contribution in [1.29, 1.82) is 0 Å². The Balaban J connectivity index is 1.71. The van der Waals surface area contributed by atoms with Crippen LogP contribution in [0.1, 0.15) is 45.1 Å². The second-order valence-electron chi connectivity index (χ2n) is 5.90. The van der Waals surface area contributed by atoms with Crippen LogP contribution in [0.25, 0.3) is 0 Å². The standard InChI is InChI=1S/C13H21N5O2S/c1-2-7-14-13(11(19)20,9-3-4-9)8-21-12-15-16-17-18(12)10-5-6-10/h9-10,14H,2-8H2,1H3,(H,19,20). The molecule has 2 aliphatic rings. The molecule has 0 bridgehead atoms. The summed E-state index contributed by atoms with van der Waals surface area (Å²) in [4.78, 5) is 11.9. The van der Waals surface area contributed by atoms with Crippen LogP contribution in [0.3, 0.4) is 0 Å². The quantitative estimate of drug-likeness (QED) is 0.665. The van der Waals surface area contributed by atoms with Gasteiger partial charge in [-0.3, -0.25) is 4.79 Å². The summed E-state index contributed by atoms with van der Waals surface area (Å²) in [6, 6.07) is 0.409. The van der Waals surface area contributed by atoms with E-state index in [0.717, 1.165) is 43.8 Å². The van der Waals surface area contributed by atoms with Gasteiger partial charge in [-0.25, -0.2) is 4.68 Å². The summed E-state index contributed by atoms with van der Waals surface area (Å²) in [5, 5.41) is 25.5. The van der Waals surface area contributed by atoms with Crippen LogP contribution in [-0.4, -0.2) is 49.1 Å². The van der Waals surface area contributed by atoms with E-state index in [4.69, 9.17) is 0 Å². The number of hydrogen-bond donors (Lipinski definition) is 2. The van der Waals surface area contributed by atoms with Crippen LogP contribution in [0, 0.1) is 5.92 Å². The van der Waals surface area contributed by atoms with Crippen LogP contribution >= 0.6 is 11.8 Å². The minimum atomic E-state index is -0.846. The molecule has 0 radical (unpaired) electrons. The lowest BCUT2D eigenvalue weighted by Crippen LogP contribution is -2.56. The van der Waals surface area contributed by atoms with Crippen molar-refractivity contribution < 1.29 is 9.90 Å². The van der Waals surface area contributed by atoms with Crippen LogP contribution in [0.4, 0.5) is 0 Å². The third-order valence-corrected chi connectivity index (χ3v) is 5.26. The Morgan fingerprint density at radius 2 is 2.24 bits per heavy atom. The van der Waals surface area contributed by atoms with Crippen molar-refractivity contribution in [3.8, 4) is 0 Å². The number of nitrogens with zero attached hydrogens (tertiary/aromatic N) is 4. The van der Waals surface area contributed by atoms with E-state index in [1.165, 1.54) is 11.8 Å². The molecule has 1 aromatic rings. The summed E-state index contributed by atoms with van der Waals surface area (Å²) in [6.07, 6.45) is 5.11. The maximum Gasteiger partial charge on any atom is 0.325 e. The zero-order chi connectivity index (χ0) is 14.9. The lowest BCUT2D eigenvalue weighted by Gasteiger charge is -2.30. The maximum atomic E-state index is 11.9. The summed E-state index contributed by atoms with van der Waals surface area (Å²) in [5.41, 5.74) is -0.846. The number of tetrazole rings is 1. The highest BCUT2D eigenvalue weighted by molar-refractivity contribution is 7.99. The molecule has 21 heavy (non-hydrogen) atoms. The van der Waals surface area contributed by atoms with Crippen molar-refractivity contribution in [3.05, 3.63) is 0 Å². The van der Waals surface area contributed by atoms with E-state index >= 15 is 0 Å². The molecule has 2 saturated carbocycles. The molecule has 2 aliphatic carbocycles. The first-order chi connectivity index (χ1) is 10.2. The summed E-state index contributed by atoms with van der Waals surface area (Å²) in [6.45, 7) is 2.77. The van der Waals surface area contributed by atoms with Crippen molar-refractivity contribution in [2.24, 2.45) is 5.92 Å². The number of carboxylic acid groups (broad SMARTS) is 1. The number of carboxylic acids is 1.